The lowest BCUT2D eigenvalue weighted by Gasteiger charge is -2.50. The molecule has 40 heavy (non-hydrogen) atoms. The van der Waals surface area contributed by atoms with Crippen molar-refractivity contribution < 1.29 is 34.0 Å². The lowest BCUT2D eigenvalue weighted by molar-refractivity contribution is -0.661. The molecule has 17 heteroatoms. The van der Waals surface area contributed by atoms with Gasteiger partial charge in [0.2, 0.25) is 0 Å². The number of nitrogens with two attached hydrogens (primary N) is 2. The van der Waals surface area contributed by atoms with Gasteiger partial charge in [0.15, 0.2) is 23.6 Å². The number of β-lactam (4-membered cyclic amide) rings is 1. The quantitative estimate of drug-likeness (QED) is 0.0583. The van der Waals surface area contributed by atoms with E-state index in [-0.39, 0.29) is 41.1 Å². The number of nitrogen functional groups attached to an aromatic ring is 1. The third-order valence-electron chi connectivity index (χ3n) is 6.19. The maximum absolute atomic E-state index is 13.1. The van der Waals surface area contributed by atoms with Crippen LogP contribution in [0, 0.1) is 0 Å². The molecule has 1 saturated heterocycles. The highest BCUT2D eigenvalue weighted by Gasteiger charge is 2.53. The monoisotopic (exact) mass is 604 g/mol. The van der Waals surface area contributed by atoms with Crippen molar-refractivity contribution >= 4 is 79.0 Å². The summed E-state index contributed by atoms with van der Waals surface area (Å²) in [6.07, 6.45) is 0.898. The maximum atomic E-state index is 13.1. The van der Waals surface area contributed by atoms with E-state index in [1.54, 1.807) is 0 Å². The summed E-state index contributed by atoms with van der Waals surface area (Å²) in [5.74, 6) is -2.49. The van der Waals surface area contributed by atoms with Gasteiger partial charge < -0.3 is 41.9 Å². The number of aromatic nitrogens is 2. The van der Waals surface area contributed by atoms with Crippen LogP contribution in [0.1, 0.15) is 5.69 Å². The van der Waals surface area contributed by atoms with Crippen molar-refractivity contribution in [1.29, 1.82) is 0 Å². The van der Waals surface area contributed by atoms with Gasteiger partial charge in [-0.2, -0.15) is 4.57 Å². The summed E-state index contributed by atoms with van der Waals surface area (Å²) in [4.78, 5) is 49.1. The molecule has 3 aromatic heterocycles. The minimum absolute atomic E-state index is 0.0374. The molecule has 210 valence electrons. The molecule has 0 aliphatic carbocycles. The molecule has 2 unspecified atom stereocenters. The molecular weight excluding hydrogens is 581 g/mol. The highest BCUT2D eigenvalue weighted by Crippen LogP contribution is 2.40. The van der Waals surface area contributed by atoms with Gasteiger partial charge in [-0.3, -0.25) is 14.5 Å². The van der Waals surface area contributed by atoms with E-state index in [0.29, 0.717) is 11.3 Å². The van der Waals surface area contributed by atoms with Gasteiger partial charge in [0.1, 0.15) is 30.4 Å². The number of carboxylic acids is 1. The van der Waals surface area contributed by atoms with E-state index in [0.717, 1.165) is 26.5 Å². The Balaban J connectivity index is 1.37. The molecule has 3 aromatic rings. The van der Waals surface area contributed by atoms with Gasteiger partial charge in [-0.05, 0) is 6.07 Å². The molecule has 0 radical (unpaired) electrons. The van der Waals surface area contributed by atoms with Crippen LogP contribution < -0.4 is 31.8 Å². The first kappa shape index (κ1) is 27.8. The lowest BCUT2D eigenvalue weighted by atomic mass is 10.0. The Morgan fingerprint density at radius 2 is 2.20 bits per heavy atom. The number of carboxylic acid groups (broad SMARTS) is 1. The van der Waals surface area contributed by atoms with E-state index >= 15 is 0 Å². The van der Waals surface area contributed by atoms with Crippen LogP contribution >= 0.6 is 34.4 Å². The number of amides is 2. The number of oxime groups is 1. The molecular formula is C23H24N8O6S3. The highest BCUT2D eigenvalue weighted by molar-refractivity contribution is 8.00. The SMILES string of the molecule is CO/N=C(\C(=O)NC1C(=O)N2C(C(=O)[O-])=C(C[n+]3cccc4c(NC(O)CN)csc43)CS[C@H]12)c1csc(N)n1. The number of aliphatic hydroxyl groups excluding tert-OH is 1. The number of aliphatic hydroxyl groups is 1. The van der Waals surface area contributed by atoms with Crippen molar-refractivity contribution in [2.45, 2.75) is 24.2 Å². The number of thiophene rings is 1. The number of aliphatic carboxylic acids is 1. The van der Waals surface area contributed by atoms with Gasteiger partial charge >= 0.3 is 0 Å². The zero-order valence-electron chi connectivity index (χ0n) is 20.9. The number of nitrogens with one attached hydrogen (secondary N) is 2. The van der Waals surface area contributed by atoms with Gasteiger partial charge in [-0.1, -0.05) is 16.5 Å². The van der Waals surface area contributed by atoms with Crippen molar-refractivity contribution in [2.24, 2.45) is 10.9 Å². The fourth-order valence-corrected chi connectivity index (χ4v) is 7.30. The Labute approximate surface area is 239 Å². The Morgan fingerprint density at radius 3 is 2.88 bits per heavy atom. The number of fused-ring (bicyclic) bond motifs is 2. The number of hydrogen-bond donors (Lipinski definition) is 5. The molecule has 1 fully saturated rings. The summed E-state index contributed by atoms with van der Waals surface area (Å²) >= 11 is 3.86. The number of thiazole rings is 1. The molecule has 2 aliphatic rings. The smallest absolute Gasteiger partial charge is 0.276 e. The van der Waals surface area contributed by atoms with Crippen LogP contribution in [0.3, 0.4) is 0 Å². The molecule has 5 rings (SSSR count). The number of hydrogen-bond acceptors (Lipinski definition) is 14. The number of thioether (sulfide) groups is 1. The Bertz CT molecular complexity index is 1550. The summed E-state index contributed by atoms with van der Waals surface area (Å²) in [6, 6.07) is 2.70. The average molecular weight is 605 g/mol. The molecule has 3 atom stereocenters. The fraction of sp³-hybridized carbons (Fsp3) is 0.304. The standard InChI is InChI=1S/C23H24N8O6S3/c1-37-29-15(13-9-40-23(25)27-13)18(33)28-16-19(34)31-17(22(35)36)10(7-38-21(16)31)6-30-4-2-3-11-12(8-39-20(11)30)26-14(32)5-24/h2-4,8-9,14,16,21,26,32H,5-7,24H2,1H3,(H3-,25,27,28,33,35,36)/b29-15-/t14?,16?,21-/m1/s1. The minimum Gasteiger partial charge on any atom is -0.543 e. The average Bonchev–Trinajstić information content (AvgIpc) is 3.56. The summed E-state index contributed by atoms with van der Waals surface area (Å²) in [5.41, 5.74) is 12.2. The maximum Gasteiger partial charge on any atom is 0.276 e. The topological polar surface area (TPSA) is 212 Å². The first-order valence-electron chi connectivity index (χ1n) is 11.8. The normalized spacial score (nSPS) is 19.7. The minimum atomic E-state index is -1.48. The highest BCUT2D eigenvalue weighted by atomic mass is 32.2. The summed E-state index contributed by atoms with van der Waals surface area (Å²) in [5, 5.41) is 35.2. The number of rotatable bonds is 10. The van der Waals surface area contributed by atoms with Crippen molar-refractivity contribution in [1.82, 2.24) is 15.2 Å². The second-order valence-corrected chi connectivity index (χ2v) is 11.5. The number of carbonyl (C=O) groups is 3. The number of carbonyl (C=O) groups excluding carboxylic acids is 3. The van der Waals surface area contributed by atoms with E-state index < -0.39 is 35.4 Å². The van der Waals surface area contributed by atoms with Gasteiger partial charge in [0, 0.05) is 34.7 Å². The van der Waals surface area contributed by atoms with Gasteiger partial charge in [-0.15, -0.1) is 23.1 Å². The van der Waals surface area contributed by atoms with E-state index in [1.165, 1.54) is 35.6 Å². The van der Waals surface area contributed by atoms with Crippen LogP contribution in [0.4, 0.5) is 10.8 Å². The predicted molar refractivity (Wildman–Crippen MR) is 148 cm³/mol. The van der Waals surface area contributed by atoms with Crippen molar-refractivity contribution in [3.05, 3.63) is 46.1 Å². The van der Waals surface area contributed by atoms with Crippen LogP contribution in [0.25, 0.3) is 10.2 Å². The molecule has 14 nitrogen and oxygen atoms in total. The van der Waals surface area contributed by atoms with Gasteiger partial charge in [0.05, 0.1) is 22.7 Å². The van der Waals surface area contributed by atoms with Gasteiger partial charge in [-0.25, -0.2) is 4.98 Å². The van der Waals surface area contributed by atoms with Crippen molar-refractivity contribution in [2.75, 3.05) is 30.5 Å². The zero-order valence-corrected chi connectivity index (χ0v) is 23.3. The first-order valence-corrected chi connectivity index (χ1v) is 14.6. The van der Waals surface area contributed by atoms with Crippen LogP contribution in [-0.4, -0.2) is 75.5 Å². The largest absolute Gasteiger partial charge is 0.543 e. The Kier molecular flexibility index (Phi) is 7.90. The van der Waals surface area contributed by atoms with Crippen LogP contribution in [-0.2, 0) is 25.8 Å². The van der Waals surface area contributed by atoms with E-state index in [2.05, 4.69) is 20.8 Å². The van der Waals surface area contributed by atoms with Crippen LogP contribution in [0.15, 0.2) is 45.5 Å². The number of pyridine rings is 1. The molecule has 0 spiro atoms. The third kappa shape index (κ3) is 5.08. The summed E-state index contributed by atoms with van der Waals surface area (Å²) in [7, 11) is 1.27. The Hall–Kier alpha value is -3.77. The number of anilines is 2. The Morgan fingerprint density at radius 1 is 1.40 bits per heavy atom. The molecule has 5 heterocycles. The molecule has 0 bridgehead atoms. The van der Waals surface area contributed by atoms with Gasteiger partial charge in [0.25, 0.3) is 16.6 Å². The lowest BCUT2D eigenvalue weighted by Crippen LogP contribution is -2.71. The van der Waals surface area contributed by atoms with E-state index in [1.807, 2.05) is 28.3 Å². The molecule has 2 aliphatic heterocycles. The van der Waals surface area contributed by atoms with E-state index in [9.17, 15) is 24.6 Å². The van der Waals surface area contributed by atoms with Crippen molar-refractivity contribution in [3.63, 3.8) is 0 Å². The second-order valence-electron chi connectivity index (χ2n) is 8.69. The van der Waals surface area contributed by atoms with Crippen molar-refractivity contribution in [3.8, 4) is 0 Å². The number of nitrogens with zero attached hydrogens (tertiary/aromatic N) is 4. The molecule has 7 N–H and O–H groups in total. The fourth-order valence-electron chi connectivity index (χ4n) is 4.43. The first-order chi connectivity index (χ1) is 19.2. The molecule has 0 saturated carbocycles. The van der Waals surface area contributed by atoms with E-state index in [4.69, 9.17) is 16.3 Å². The van der Waals surface area contributed by atoms with Crippen LogP contribution in [0.5, 0.6) is 0 Å². The molecule has 2 amide bonds. The third-order valence-corrected chi connectivity index (χ3v) is 9.24. The van der Waals surface area contributed by atoms with Crippen LogP contribution in [0.2, 0.25) is 0 Å². The second kappa shape index (κ2) is 11.4. The predicted octanol–water partition coefficient (Wildman–Crippen LogP) is -1.63. The molecule has 0 aromatic carbocycles. The summed E-state index contributed by atoms with van der Waals surface area (Å²) in [6.45, 7) is 0.228. The zero-order chi connectivity index (χ0) is 28.6. The summed E-state index contributed by atoms with van der Waals surface area (Å²) < 4.78 is 1.87.